The van der Waals surface area contributed by atoms with E-state index >= 15 is 0 Å². The fraction of sp³-hybridized carbons (Fsp3) is 0.556. The van der Waals surface area contributed by atoms with Crippen LogP contribution in [0, 0.1) is 12.8 Å². The molecule has 2 aromatic rings. The van der Waals surface area contributed by atoms with E-state index in [4.69, 9.17) is 4.42 Å². The first-order valence-corrected chi connectivity index (χ1v) is 8.83. The van der Waals surface area contributed by atoms with E-state index < -0.39 is 23.5 Å². The zero-order valence-electron chi connectivity index (χ0n) is 14.9. The lowest BCUT2D eigenvalue weighted by atomic mass is 9.96. The minimum absolute atomic E-state index is 0.181. The van der Waals surface area contributed by atoms with Crippen molar-refractivity contribution in [1.29, 1.82) is 0 Å². The zero-order chi connectivity index (χ0) is 19.6. The van der Waals surface area contributed by atoms with E-state index in [1.165, 1.54) is 4.57 Å². The van der Waals surface area contributed by atoms with Crippen molar-refractivity contribution < 1.29 is 22.7 Å². The van der Waals surface area contributed by atoms with E-state index in [1.54, 1.807) is 12.1 Å². The second kappa shape index (κ2) is 7.85. The van der Waals surface area contributed by atoms with Crippen molar-refractivity contribution in [3.63, 3.8) is 0 Å². The molecule has 1 fully saturated rings. The van der Waals surface area contributed by atoms with Crippen LogP contribution in [0.25, 0.3) is 0 Å². The number of aromatic nitrogens is 2. The van der Waals surface area contributed by atoms with Crippen molar-refractivity contribution in [2.75, 3.05) is 19.6 Å². The molecule has 1 aliphatic heterocycles. The monoisotopic (exact) mass is 385 g/mol. The lowest BCUT2D eigenvalue weighted by molar-refractivity contribution is -0.141. The number of aliphatic hydroxyl groups excluding tert-OH is 1. The number of β-amino-alcohol motifs (C(OH)–C–C–N with tert-alkyl or cyclic N) is 1. The average molecular weight is 385 g/mol. The molecule has 0 spiro atoms. The number of alkyl halides is 3. The highest BCUT2D eigenvalue weighted by Crippen LogP contribution is 2.26. The van der Waals surface area contributed by atoms with Gasteiger partial charge in [-0.15, -0.1) is 0 Å². The van der Waals surface area contributed by atoms with Gasteiger partial charge in [-0.3, -0.25) is 9.36 Å². The van der Waals surface area contributed by atoms with Crippen LogP contribution in [-0.2, 0) is 12.7 Å². The first kappa shape index (κ1) is 19.6. The van der Waals surface area contributed by atoms with Crippen LogP contribution in [-0.4, -0.2) is 39.2 Å². The van der Waals surface area contributed by atoms with Crippen LogP contribution in [0.15, 0.2) is 33.7 Å². The smallest absolute Gasteiger partial charge is 0.433 e. The van der Waals surface area contributed by atoms with Gasteiger partial charge in [0, 0.05) is 19.2 Å². The fourth-order valence-corrected chi connectivity index (χ4v) is 3.31. The van der Waals surface area contributed by atoms with Crippen molar-refractivity contribution in [3.05, 3.63) is 52.1 Å². The lowest BCUT2D eigenvalue weighted by Gasteiger charge is -2.33. The van der Waals surface area contributed by atoms with E-state index in [9.17, 15) is 23.1 Å². The van der Waals surface area contributed by atoms with Gasteiger partial charge >= 0.3 is 6.18 Å². The first-order valence-electron chi connectivity index (χ1n) is 8.83. The van der Waals surface area contributed by atoms with Crippen LogP contribution in [0.5, 0.6) is 0 Å². The summed E-state index contributed by atoms with van der Waals surface area (Å²) in [5.74, 6) is 1.47. The molecule has 1 saturated heterocycles. The van der Waals surface area contributed by atoms with E-state index in [1.807, 2.05) is 6.92 Å². The number of furan rings is 1. The third-order valence-electron chi connectivity index (χ3n) is 4.85. The topological polar surface area (TPSA) is 71.5 Å². The van der Waals surface area contributed by atoms with Crippen LogP contribution < -0.4 is 5.56 Å². The van der Waals surface area contributed by atoms with Crippen LogP contribution in [0.4, 0.5) is 13.2 Å². The van der Waals surface area contributed by atoms with Gasteiger partial charge in [-0.2, -0.15) is 13.2 Å². The Morgan fingerprint density at radius 2 is 2.04 bits per heavy atom. The van der Waals surface area contributed by atoms with Crippen molar-refractivity contribution >= 4 is 0 Å². The number of aliphatic hydroxyl groups is 1. The summed E-state index contributed by atoms with van der Waals surface area (Å²) in [6.07, 6.45) is -2.76. The largest absolute Gasteiger partial charge is 0.464 e. The Labute approximate surface area is 154 Å². The Morgan fingerprint density at radius 3 is 2.59 bits per heavy atom. The molecular formula is C18H22F3N3O3. The first-order chi connectivity index (χ1) is 12.7. The summed E-state index contributed by atoms with van der Waals surface area (Å²) in [5, 5.41) is 10.2. The molecule has 1 atom stereocenters. The van der Waals surface area contributed by atoms with Crippen LogP contribution in [0.3, 0.4) is 0 Å². The van der Waals surface area contributed by atoms with Crippen molar-refractivity contribution in [2.45, 2.75) is 38.6 Å². The number of rotatable bonds is 5. The molecule has 0 amide bonds. The van der Waals surface area contributed by atoms with Gasteiger partial charge in [0.15, 0.2) is 5.69 Å². The second-order valence-electron chi connectivity index (χ2n) is 6.97. The number of hydrogen-bond donors (Lipinski definition) is 1. The Bertz CT molecular complexity index is 823. The van der Waals surface area contributed by atoms with Crippen molar-refractivity contribution in [3.8, 4) is 0 Å². The summed E-state index contributed by atoms with van der Waals surface area (Å²) in [6.45, 7) is 4.10. The maximum absolute atomic E-state index is 12.6. The van der Waals surface area contributed by atoms with Gasteiger partial charge in [0.25, 0.3) is 5.56 Å². The molecule has 148 valence electrons. The number of likely N-dealkylation sites (tertiary alicyclic amines) is 1. The highest BCUT2D eigenvalue weighted by molar-refractivity contribution is 5.08. The molecule has 1 unspecified atom stereocenters. The van der Waals surface area contributed by atoms with Crippen molar-refractivity contribution in [2.24, 2.45) is 5.92 Å². The summed E-state index contributed by atoms with van der Waals surface area (Å²) in [5.41, 5.74) is -1.86. The Hall–Kier alpha value is -2.13. The summed E-state index contributed by atoms with van der Waals surface area (Å²) >= 11 is 0. The maximum atomic E-state index is 12.6. The fourth-order valence-electron chi connectivity index (χ4n) is 3.31. The van der Waals surface area contributed by atoms with Gasteiger partial charge in [-0.25, -0.2) is 4.98 Å². The minimum Gasteiger partial charge on any atom is -0.464 e. The van der Waals surface area contributed by atoms with Gasteiger partial charge < -0.3 is 14.4 Å². The quantitative estimate of drug-likeness (QED) is 0.857. The van der Waals surface area contributed by atoms with Crippen LogP contribution in [0.2, 0.25) is 0 Å². The van der Waals surface area contributed by atoms with Gasteiger partial charge in [-0.1, -0.05) is 0 Å². The molecule has 0 aliphatic carbocycles. The molecule has 1 N–H and O–H groups in total. The van der Waals surface area contributed by atoms with E-state index in [0.717, 1.165) is 38.0 Å². The summed E-state index contributed by atoms with van der Waals surface area (Å²) in [4.78, 5) is 17.4. The SMILES string of the molecule is Cc1ccc(C(O)CN2CCC(Cn3cnc(C(F)(F)F)cc3=O)CC2)o1. The van der Waals surface area contributed by atoms with E-state index in [2.05, 4.69) is 9.88 Å². The molecule has 0 saturated carbocycles. The predicted molar refractivity (Wildman–Crippen MR) is 91.1 cm³/mol. The molecule has 6 nitrogen and oxygen atoms in total. The Balaban J connectivity index is 1.52. The third kappa shape index (κ3) is 4.98. The number of piperidine rings is 1. The van der Waals surface area contributed by atoms with Gasteiger partial charge in [-0.05, 0) is 50.9 Å². The Kier molecular flexibility index (Phi) is 5.71. The maximum Gasteiger partial charge on any atom is 0.433 e. The normalized spacial score (nSPS) is 18.0. The van der Waals surface area contributed by atoms with Crippen LogP contribution >= 0.6 is 0 Å². The molecule has 1 aliphatic rings. The zero-order valence-corrected chi connectivity index (χ0v) is 14.9. The molecule has 0 bridgehead atoms. The Morgan fingerprint density at radius 1 is 1.33 bits per heavy atom. The minimum atomic E-state index is -4.61. The standard InChI is InChI=1S/C18H22F3N3O3/c1-12-2-3-15(27-12)14(25)10-23-6-4-13(5-7-23)9-24-11-22-16(8-17(24)26)18(19,20)21/h2-3,8,11,13-14,25H,4-7,9-10H2,1H3. The van der Waals surface area contributed by atoms with Gasteiger partial charge in [0.1, 0.15) is 17.6 Å². The molecule has 3 rings (SSSR count). The molecule has 27 heavy (non-hydrogen) atoms. The predicted octanol–water partition coefficient (Wildman–Crippen LogP) is 2.61. The van der Waals surface area contributed by atoms with Crippen LogP contribution in [0.1, 0.15) is 36.2 Å². The molecule has 0 radical (unpaired) electrons. The molecule has 3 heterocycles. The molecule has 2 aromatic heterocycles. The highest BCUT2D eigenvalue weighted by atomic mass is 19.4. The highest BCUT2D eigenvalue weighted by Gasteiger charge is 2.33. The van der Waals surface area contributed by atoms with Gasteiger partial charge in [0.2, 0.25) is 0 Å². The molecule has 0 aromatic carbocycles. The second-order valence-corrected chi connectivity index (χ2v) is 6.97. The average Bonchev–Trinajstić information content (AvgIpc) is 3.04. The number of hydrogen-bond acceptors (Lipinski definition) is 5. The summed E-state index contributed by atoms with van der Waals surface area (Å²) < 4.78 is 44.4. The molecular weight excluding hydrogens is 363 g/mol. The van der Waals surface area contributed by atoms with Gasteiger partial charge in [0.05, 0.1) is 6.33 Å². The molecule has 9 heteroatoms. The summed E-state index contributed by atoms with van der Waals surface area (Å²) in [7, 11) is 0. The van der Waals surface area contributed by atoms with E-state index in [0.29, 0.717) is 24.9 Å². The number of nitrogens with zero attached hydrogens (tertiary/aromatic N) is 3. The number of halogens is 3. The van der Waals surface area contributed by atoms with Crippen molar-refractivity contribution in [1.82, 2.24) is 14.5 Å². The summed E-state index contributed by atoms with van der Waals surface area (Å²) in [6, 6.07) is 4.11. The van der Waals surface area contributed by atoms with E-state index in [-0.39, 0.29) is 5.92 Å². The number of aryl methyl sites for hydroxylation is 1. The lowest BCUT2D eigenvalue weighted by Crippen LogP contribution is -2.38. The third-order valence-corrected chi connectivity index (χ3v) is 4.85.